The summed E-state index contributed by atoms with van der Waals surface area (Å²) >= 11 is 0. The molecule has 0 bridgehead atoms. The smallest absolute Gasteiger partial charge is 0.419 e. The molecular formula is C12H12N2O6S. The highest BCUT2D eigenvalue weighted by atomic mass is 32.2. The molecular weight excluding hydrogens is 300 g/mol. The molecule has 0 aliphatic carbocycles. The maximum atomic E-state index is 12.4. The Morgan fingerprint density at radius 2 is 2.05 bits per heavy atom. The molecule has 21 heavy (non-hydrogen) atoms. The van der Waals surface area contributed by atoms with E-state index in [1.807, 2.05) is 0 Å². The van der Waals surface area contributed by atoms with E-state index in [9.17, 15) is 18.0 Å². The van der Waals surface area contributed by atoms with Crippen LogP contribution in [0.15, 0.2) is 32.3 Å². The van der Waals surface area contributed by atoms with Crippen molar-refractivity contribution in [2.24, 2.45) is 13.0 Å². The zero-order valence-corrected chi connectivity index (χ0v) is 11.8. The number of aliphatic carboxylic acids is 1. The zero-order valence-electron chi connectivity index (χ0n) is 11.0. The maximum Gasteiger partial charge on any atom is 0.419 e. The van der Waals surface area contributed by atoms with Crippen molar-refractivity contribution in [1.82, 2.24) is 8.87 Å². The molecule has 0 amide bonds. The summed E-state index contributed by atoms with van der Waals surface area (Å²) in [6.45, 7) is -0.0833. The first-order valence-corrected chi connectivity index (χ1v) is 7.57. The van der Waals surface area contributed by atoms with E-state index in [0.717, 1.165) is 4.31 Å². The van der Waals surface area contributed by atoms with Gasteiger partial charge in [-0.15, -0.1) is 0 Å². The van der Waals surface area contributed by atoms with Gasteiger partial charge in [0.2, 0.25) is 10.0 Å². The summed E-state index contributed by atoms with van der Waals surface area (Å²) in [5.41, 5.74) is 0.671. The van der Waals surface area contributed by atoms with Gasteiger partial charge in [-0.1, -0.05) is 0 Å². The third-order valence-electron chi connectivity index (χ3n) is 3.60. The molecule has 1 aromatic carbocycles. The van der Waals surface area contributed by atoms with Crippen molar-refractivity contribution in [1.29, 1.82) is 0 Å². The summed E-state index contributed by atoms with van der Waals surface area (Å²) in [6.07, 6.45) is 0. The van der Waals surface area contributed by atoms with Crippen LogP contribution in [-0.4, -0.2) is 41.5 Å². The van der Waals surface area contributed by atoms with Gasteiger partial charge < -0.3 is 9.52 Å². The summed E-state index contributed by atoms with van der Waals surface area (Å²) in [6, 6.07) is 4.11. The van der Waals surface area contributed by atoms with Crippen molar-refractivity contribution < 1.29 is 22.7 Å². The minimum atomic E-state index is -3.75. The molecule has 2 heterocycles. The predicted octanol–water partition coefficient (Wildman–Crippen LogP) is -0.163. The molecule has 1 aliphatic rings. The lowest BCUT2D eigenvalue weighted by Gasteiger charge is -2.35. The number of oxazole rings is 1. The number of hydrogen-bond acceptors (Lipinski definition) is 5. The van der Waals surface area contributed by atoms with Gasteiger partial charge in [-0.05, 0) is 18.2 Å². The summed E-state index contributed by atoms with van der Waals surface area (Å²) in [5.74, 6) is -2.25. The van der Waals surface area contributed by atoms with E-state index < -0.39 is 27.7 Å². The van der Waals surface area contributed by atoms with Crippen molar-refractivity contribution >= 4 is 27.1 Å². The Bertz CT molecular complexity index is 888. The number of sulfonamides is 1. The fourth-order valence-electron chi connectivity index (χ4n) is 2.21. The van der Waals surface area contributed by atoms with Gasteiger partial charge in [0.25, 0.3) is 0 Å². The number of benzene rings is 1. The lowest BCUT2D eigenvalue weighted by molar-refractivity contribution is -0.145. The van der Waals surface area contributed by atoms with Crippen LogP contribution in [-0.2, 0) is 21.9 Å². The summed E-state index contributed by atoms with van der Waals surface area (Å²) in [7, 11) is -2.27. The van der Waals surface area contributed by atoms with Gasteiger partial charge in [0, 0.05) is 20.1 Å². The SMILES string of the molecule is Cn1c(=O)oc2ccc(S(=O)(=O)N3CC(C(=O)O)C3)cc21. The molecule has 1 aliphatic heterocycles. The molecule has 1 fully saturated rings. The number of aryl methyl sites for hydroxylation is 1. The van der Waals surface area contributed by atoms with E-state index >= 15 is 0 Å². The van der Waals surface area contributed by atoms with Gasteiger partial charge >= 0.3 is 11.7 Å². The highest BCUT2D eigenvalue weighted by Gasteiger charge is 2.40. The average molecular weight is 312 g/mol. The van der Waals surface area contributed by atoms with Gasteiger partial charge in [0.05, 0.1) is 16.3 Å². The van der Waals surface area contributed by atoms with Crippen LogP contribution in [0.5, 0.6) is 0 Å². The normalized spacial score (nSPS) is 17.0. The minimum absolute atomic E-state index is 0.00948. The molecule has 1 aromatic heterocycles. The number of fused-ring (bicyclic) bond motifs is 1. The molecule has 112 valence electrons. The predicted molar refractivity (Wildman–Crippen MR) is 71.3 cm³/mol. The van der Waals surface area contributed by atoms with Crippen molar-refractivity contribution in [2.45, 2.75) is 4.90 Å². The molecule has 3 rings (SSSR count). The molecule has 0 unspecified atom stereocenters. The van der Waals surface area contributed by atoms with Gasteiger partial charge in [0.15, 0.2) is 5.58 Å². The minimum Gasteiger partial charge on any atom is -0.481 e. The highest BCUT2D eigenvalue weighted by molar-refractivity contribution is 7.89. The maximum absolute atomic E-state index is 12.4. The third-order valence-corrected chi connectivity index (χ3v) is 5.43. The summed E-state index contributed by atoms with van der Waals surface area (Å²) in [4.78, 5) is 22.1. The Balaban J connectivity index is 1.98. The molecule has 1 saturated heterocycles. The second-order valence-electron chi connectivity index (χ2n) is 4.91. The first-order chi connectivity index (χ1) is 9.80. The topological polar surface area (TPSA) is 110 Å². The number of rotatable bonds is 3. The Kier molecular flexibility index (Phi) is 2.92. The van der Waals surface area contributed by atoms with Gasteiger partial charge in [-0.2, -0.15) is 4.31 Å². The monoisotopic (exact) mass is 312 g/mol. The fraction of sp³-hybridized carbons (Fsp3) is 0.333. The van der Waals surface area contributed by atoms with Gasteiger partial charge in [0.1, 0.15) is 0 Å². The number of aromatic nitrogens is 1. The number of hydrogen-bond donors (Lipinski definition) is 1. The van der Waals surface area contributed by atoms with Crippen molar-refractivity contribution in [3.8, 4) is 0 Å². The van der Waals surface area contributed by atoms with Crippen molar-refractivity contribution in [3.63, 3.8) is 0 Å². The van der Waals surface area contributed by atoms with Crippen LogP contribution in [0.25, 0.3) is 11.1 Å². The van der Waals surface area contributed by atoms with Crippen LogP contribution in [0, 0.1) is 5.92 Å². The first-order valence-electron chi connectivity index (χ1n) is 6.13. The lowest BCUT2D eigenvalue weighted by Crippen LogP contribution is -2.52. The van der Waals surface area contributed by atoms with E-state index in [0.29, 0.717) is 11.1 Å². The third kappa shape index (κ3) is 2.05. The Morgan fingerprint density at radius 3 is 2.67 bits per heavy atom. The molecule has 2 aromatic rings. The number of carboxylic acids is 1. The van der Waals surface area contributed by atoms with Crippen LogP contribution in [0.4, 0.5) is 0 Å². The van der Waals surface area contributed by atoms with Crippen LogP contribution in [0.1, 0.15) is 0 Å². The van der Waals surface area contributed by atoms with Crippen LogP contribution in [0.2, 0.25) is 0 Å². The number of carboxylic acid groups (broad SMARTS) is 1. The standard InChI is InChI=1S/C12H12N2O6S/c1-13-9-4-8(2-3-10(9)20-12(13)17)21(18,19)14-5-7(6-14)11(15)16/h2-4,7H,5-6H2,1H3,(H,15,16). The van der Waals surface area contributed by atoms with Crippen LogP contribution < -0.4 is 5.76 Å². The quantitative estimate of drug-likeness (QED) is 0.843. The Morgan fingerprint density at radius 1 is 1.38 bits per heavy atom. The van der Waals surface area contributed by atoms with E-state index in [1.54, 1.807) is 0 Å². The van der Waals surface area contributed by atoms with Crippen LogP contribution in [0.3, 0.4) is 0 Å². The Labute approximate surface area is 119 Å². The number of nitrogens with zero attached hydrogens (tertiary/aromatic N) is 2. The van der Waals surface area contributed by atoms with E-state index in [-0.39, 0.29) is 18.0 Å². The van der Waals surface area contributed by atoms with E-state index in [1.165, 1.54) is 29.8 Å². The molecule has 0 saturated carbocycles. The van der Waals surface area contributed by atoms with Gasteiger partial charge in [-0.3, -0.25) is 9.36 Å². The highest BCUT2D eigenvalue weighted by Crippen LogP contribution is 2.27. The van der Waals surface area contributed by atoms with E-state index in [2.05, 4.69) is 0 Å². The zero-order chi connectivity index (χ0) is 15.4. The molecule has 0 radical (unpaired) electrons. The second kappa shape index (κ2) is 4.43. The lowest BCUT2D eigenvalue weighted by atomic mass is 10.0. The molecule has 0 atom stereocenters. The number of carbonyl (C=O) groups is 1. The van der Waals surface area contributed by atoms with Gasteiger partial charge in [-0.25, -0.2) is 13.2 Å². The summed E-state index contributed by atoms with van der Waals surface area (Å²) in [5, 5.41) is 8.80. The largest absolute Gasteiger partial charge is 0.481 e. The van der Waals surface area contributed by atoms with Crippen molar-refractivity contribution in [3.05, 3.63) is 28.7 Å². The van der Waals surface area contributed by atoms with Crippen molar-refractivity contribution in [2.75, 3.05) is 13.1 Å². The summed E-state index contributed by atoms with van der Waals surface area (Å²) < 4.78 is 32.0. The fourth-order valence-corrected chi connectivity index (χ4v) is 3.76. The van der Waals surface area contributed by atoms with Crippen LogP contribution >= 0.6 is 0 Å². The second-order valence-corrected chi connectivity index (χ2v) is 6.85. The molecule has 0 spiro atoms. The molecule has 8 nitrogen and oxygen atoms in total. The first kappa shape index (κ1) is 13.8. The van der Waals surface area contributed by atoms with E-state index in [4.69, 9.17) is 9.52 Å². The molecule has 9 heteroatoms. The average Bonchev–Trinajstić information content (AvgIpc) is 2.62. The molecule has 1 N–H and O–H groups in total. The Hall–Kier alpha value is -2.13.